The highest BCUT2D eigenvalue weighted by Gasteiger charge is 2.26. The third kappa shape index (κ3) is 1.53. The van der Waals surface area contributed by atoms with Crippen LogP contribution in [0.3, 0.4) is 0 Å². The molecule has 12 heavy (non-hydrogen) atoms. The van der Waals surface area contributed by atoms with Crippen molar-refractivity contribution in [3.63, 3.8) is 0 Å². The molecule has 1 atom stereocenters. The Morgan fingerprint density at radius 1 is 1.67 bits per heavy atom. The molecule has 0 aliphatic carbocycles. The van der Waals surface area contributed by atoms with Gasteiger partial charge in [-0.2, -0.15) is 0 Å². The Morgan fingerprint density at radius 2 is 2.33 bits per heavy atom. The highest BCUT2D eigenvalue weighted by molar-refractivity contribution is 5.47. The van der Waals surface area contributed by atoms with Gasteiger partial charge < -0.3 is 11.5 Å². The lowest BCUT2D eigenvalue weighted by Gasteiger charge is -2.19. The average molecular weight is 169 g/mol. The summed E-state index contributed by atoms with van der Waals surface area (Å²) in [6.45, 7) is 1.29. The molecule has 3 nitrogen and oxygen atoms in total. The molecule has 0 amide bonds. The summed E-state index contributed by atoms with van der Waals surface area (Å²) in [5, 5.41) is 0. The largest absolute Gasteiger partial charge is 0.398 e. The van der Waals surface area contributed by atoms with Crippen molar-refractivity contribution in [2.45, 2.75) is 12.6 Å². The minimum absolute atomic E-state index is 0.0944. The number of alkyl halides is 1. The molecule has 0 aliphatic heterocycles. The van der Waals surface area contributed by atoms with E-state index in [0.29, 0.717) is 11.3 Å². The Balaban J connectivity index is 3.10. The van der Waals surface area contributed by atoms with Gasteiger partial charge in [0.05, 0.1) is 0 Å². The van der Waals surface area contributed by atoms with Gasteiger partial charge >= 0.3 is 0 Å². The van der Waals surface area contributed by atoms with Crippen LogP contribution in [0.5, 0.6) is 0 Å². The zero-order valence-corrected chi connectivity index (χ0v) is 6.92. The van der Waals surface area contributed by atoms with Crippen molar-refractivity contribution in [2.24, 2.45) is 5.73 Å². The summed E-state index contributed by atoms with van der Waals surface area (Å²) in [6.07, 6.45) is 2.92. The van der Waals surface area contributed by atoms with Crippen LogP contribution in [0.2, 0.25) is 0 Å². The molecule has 1 aromatic rings. The molecule has 0 bridgehead atoms. The van der Waals surface area contributed by atoms with Crippen LogP contribution in [0.1, 0.15) is 12.5 Å². The predicted octanol–water partition coefficient (Wildman–Crippen LogP) is 0.807. The maximum atomic E-state index is 13.6. The van der Waals surface area contributed by atoms with Crippen LogP contribution < -0.4 is 11.5 Å². The van der Waals surface area contributed by atoms with E-state index in [9.17, 15) is 4.39 Å². The molecule has 0 fully saturated rings. The van der Waals surface area contributed by atoms with Crippen molar-refractivity contribution in [1.29, 1.82) is 0 Å². The van der Waals surface area contributed by atoms with Gasteiger partial charge in [-0.25, -0.2) is 4.39 Å². The van der Waals surface area contributed by atoms with E-state index in [1.165, 1.54) is 19.3 Å². The number of anilines is 1. The van der Waals surface area contributed by atoms with Crippen molar-refractivity contribution < 1.29 is 4.39 Å². The van der Waals surface area contributed by atoms with Crippen LogP contribution in [0.4, 0.5) is 10.1 Å². The summed E-state index contributed by atoms with van der Waals surface area (Å²) in [6, 6.07) is 1.56. The number of pyridine rings is 1. The Labute approximate surface area is 70.6 Å². The first kappa shape index (κ1) is 8.93. The first-order valence-corrected chi connectivity index (χ1v) is 3.67. The SMILES string of the molecule is CC(F)(CN)c1cnccc1N. The van der Waals surface area contributed by atoms with E-state index in [1.54, 1.807) is 6.07 Å². The number of nitrogen functional groups attached to an aromatic ring is 1. The van der Waals surface area contributed by atoms with E-state index in [-0.39, 0.29) is 6.54 Å². The molecule has 1 aromatic heterocycles. The quantitative estimate of drug-likeness (QED) is 0.688. The zero-order chi connectivity index (χ0) is 9.19. The second-order valence-electron chi connectivity index (χ2n) is 2.86. The Hall–Kier alpha value is -1.16. The van der Waals surface area contributed by atoms with Gasteiger partial charge in [-0.3, -0.25) is 4.98 Å². The van der Waals surface area contributed by atoms with Crippen molar-refractivity contribution in [3.05, 3.63) is 24.0 Å². The van der Waals surface area contributed by atoms with Gasteiger partial charge in [-0.1, -0.05) is 0 Å². The molecule has 0 saturated carbocycles. The number of hydrogen-bond donors (Lipinski definition) is 2. The van der Waals surface area contributed by atoms with Crippen molar-refractivity contribution in [2.75, 3.05) is 12.3 Å². The normalized spacial score (nSPS) is 15.6. The second-order valence-corrected chi connectivity index (χ2v) is 2.86. The first-order chi connectivity index (χ1) is 5.58. The zero-order valence-electron chi connectivity index (χ0n) is 6.92. The number of aromatic nitrogens is 1. The number of nitrogens with zero attached hydrogens (tertiary/aromatic N) is 1. The lowest BCUT2D eigenvalue weighted by molar-refractivity contribution is 0.204. The maximum absolute atomic E-state index is 13.6. The van der Waals surface area contributed by atoms with Crippen molar-refractivity contribution in [1.82, 2.24) is 4.98 Å². The topological polar surface area (TPSA) is 64.9 Å². The highest BCUT2D eigenvalue weighted by atomic mass is 19.1. The van der Waals surface area contributed by atoms with Gasteiger partial charge in [-0.05, 0) is 13.0 Å². The minimum atomic E-state index is -1.58. The standard InChI is InChI=1S/C8H12FN3/c1-8(9,5-10)6-4-12-3-2-7(6)11/h2-4H,5,10H2,1H3,(H2,11,12). The summed E-state index contributed by atoms with van der Waals surface area (Å²) >= 11 is 0. The Morgan fingerprint density at radius 3 is 2.83 bits per heavy atom. The number of nitrogens with two attached hydrogens (primary N) is 2. The molecule has 0 aromatic carbocycles. The van der Waals surface area contributed by atoms with Gasteiger partial charge in [0, 0.05) is 30.2 Å². The number of rotatable bonds is 2. The summed E-state index contributed by atoms with van der Waals surface area (Å²) in [5.41, 5.74) is 9.95. The van der Waals surface area contributed by atoms with Gasteiger partial charge in [0.25, 0.3) is 0 Å². The van der Waals surface area contributed by atoms with Gasteiger partial charge in [0.1, 0.15) is 5.67 Å². The van der Waals surface area contributed by atoms with Crippen LogP contribution in [-0.2, 0) is 5.67 Å². The Bertz CT molecular complexity index is 273. The van der Waals surface area contributed by atoms with Crippen molar-refractivity contribution >= 4 is 5.69 Å². The molecular formula is C8H12FN3. The molecular weight excluding hydrogens is 157 g/mol. The smallest absolute Gasteiger partial charge is 0.148 e. The average Bonchev–Trinajstić information content (AvgIpc) is 2.05. The lowest BCUT2D eigenvalue weighted by Crippen LogP contribution is -2.27. The first-order valence-electron chi connectivity index (χ1n) is 3.67. The second kappa shape index (κ2) is 3.06. The third-order valence-corrected chi connectivity index (χ3v) is 1.80. The number of halogens is 1. The predicted molar refractivity (Wildman–Crippen MR) is 46.2 cm³/mol. The molecule has 0 spiro atoms. The van der Waals surface area contributed by atoms with Gasteiger partial charge in [0.15, 0.2) is 0 Å². The number of hydrogen-bond acceptors (Lipinski definition) is 3. The van der Waals surface area contributed by atoms with E-state index < -0.39 is 5.67 Å². The molecule has 0 saturated heterocycles. The van der Waals surface area contributed by atoms with E-state index >= 15 is 0 Å². The van der Waals surface area contributed by atoms with E-state index in [0.717, 1.165) is 0 Å². The summed E-state index contributed by atoms with van der Waals surface area (Å²) < 4.78 is 13.6. The molecule has 4 heteroatoms. The third-order valence-electron chi connectivity index (χ3n) is 1.80. The van der Waals surface area contributed by atoms with Crippen LogP contribution in [-0.4, -0.2) is 11.5 Å². The molecule has 4 N–H and O–H groups in total. The molecule has 1 rings (SSSR count). The van der Waals surface area contributed by atoms with Gasteiger partial charge in [0.2, 0.25) is 0 Å². The summed E-state index contributed by atoms with van der Waals surface area (Å²) in [7, 11) is 0. The fraction of sp³-hybridized carbons (Fsp3) is 0.375. The maximum Gasteiger partial charge on any atom is 0.148 e. The fourth-order valence-corrected chi connectivity index (χ4v) is 0.951. The van der Waals surface area contributed by atoms with Crippen LogP contribution in [0, 0.1) is 0 Å². The fourth-order valence-electron chi connectivity index (χ4n) is 0.951. The van der Waals surface area contributed by atoms with Crippen molar-refractivity contribution in [3.8, 4) is 0 Å². The van der Waals surface area contributed by atoms with E-state index in [1.807, 2.05) is 0 Å². The highest BCUT2D eigenvalue weighted by Crippen LogP contribution is 2.27. The summed E-state index contributed by atoms with van der Waals surface area (Å²) in [4.78, 5) is 3.78. The van der Waals surface area contributed by atoms with E-state index in [4.69, 9.17) is 11.5 Å². The molecule has 0 aliphatic rings. The van der Waals surface area contributed by atoms with Crippen LogP contribution in [0.15, 0.2) is 18.5 Å². The Kier molecular flexibility index (Phi) is 2.28. The monoisotopic (exact) mass is 169 g/mol. The summed E-state index contributed by atoms with van der Waals surface area (Å²) in [5.74, 6) is 0. The van der Waals surface area contributed by atoms with Crippen LogP contribution >= 0.6 is 0 Å². The molecule has 1 unspecified atom stereocenters. The molecule has 1 heterocycles. The molecule has 0 radical (unpaired) electrons. The van der Waals surface area contributed by atoms with Crippen LogP contribution in [0.25, 0.3) is 0 Å². The van der Waals surface area contributed by atoms with Gasteiger partial charge in [-0.15, -0.1) is 0 Å². The lowest BCUT2D eigenvalue weighted by atomic mass is 9.99. The van der Waals surface area contributed by atoms with E-state index in [2.05, 4.69) is 4.98 Å². The molecule has 66 valence electrons. The minimum Gasteiger partial charge on any atom is -0.398 e.